The number of phenols is 3. The first-order chi connectivity index (χ1) is 19.0. The van der Waals surface area contributed by atoms with Crippen molar-refractivity contribution in [2.45, 2.75) is 54.9 Å². The minimum absolute atomic E-state index is 0.0710. The average molecular weight is 564 g/mol. The van der Waals surface area contributed by atoms with E-state index >= 15 is 0 Å². The molecule has 9 atom stereocenters. The maximum absolute atomic E-state index is 13.4. The van der Waals surface area contributed by atoms with Crippen LogP contribution < -0.4 is 5.43 Å². The van der Waals surface area contributed by atoms with Gasteiger partial charge in [0, 0.05) is 11.6 Å². The zero-order valence-electron chi connectivity index (χ0n) is 20.6. The molecule has 0 unspecified atom stereocenters. The smallest absolute Gasteiger partial charge is 0.197 e. The van der Waals surface area contributed by atoms with E-state index in [1.54, 1.807) is 0 Å². The van der Waals surface area contributed by atoms with Crippen LogP contribution in [0.2, 0.25) is 0 Å². The molecule has 2 aromatic carbocycles. The van der Waals surface area contributed by atoms with Gasteiger partial charge in [-0.05, 0) is 24.3 Å². The van der Waals surface area contributed by atoms with Crippen LogP contribution in [0.25, 0.3) is 22.3 Å². The van der Waals surface area contributed by atoms with Crippen molar-refractivity contribution in [1.82, 2.24) is 0 Å². The Hall–Kier alpha value is -3.31. The number of rotatable bonds is 4. The Balaban J connectivity index is 1.80. The second kappa shape index (κ2) is 10.6. The topological polar surface area (TPSA) is 251 Å². The molecule has 216 valence electrons. The van der Waals surface area contributed by atoms with Crippen LogP contribution in [-0.4, -0.2) is 107 Å². The number of hydrogen-bond donors (Lipinski definition) is 10. The lowest BCUT2D eigenvalue weighted by Gasteiger charge is -2.41. The molecule has 0 saturated carbocycles. The molecule has 0 radical (unpaired) electrons. The first kappa shape index (κ1) is 28.2. The average Bonchev–Trinajstić information content (AvgIpc) is 2.92. The van der Waals surface area contributed by atoms with Gasteiger partial charge in [-0.2, -0.15) is 0 Å². The molecule has 3 heterocycles. The number of aromatic hydroxyl groups is 3. The molecule has 0 amide bonds. The SMILES string of the molecule is O=c1cc(-c2ccc(O)cc2)oc2c([C@H]3OC[C@H](O)[C@@H](O)[C@@H]3O)c(O)c([C@H]3O[C@@H](CO)[C@H](O)[C@@H](O)[C@@H]3O)c(O)c12. The van der Waals surface area contributed by atoms with E-state index < -0.39 is 107 Å². The highest BCUT2D eigenvalue weighted by Crippen LogP contribution is 2.50. The molecular weight excluding hydrogens is 536 g/mol. The Bertz CT molecular complexity index is 1450. The summed E-state index contributed by atoms with van der Waals surface area (Å²) in [5.74, 6) is -2.01. The fraction of sp³-hybridized carbons (Fsp3) is 0.423. The summed E-state index contributed by atoms with van der Waals surface area (Å²) in [4.78, 5) is 13.4. The summed E-state index contributed by atoms with van der Waals surface area (Å²) in [6.07, 6.45) is -15.7. The molecule has 0 bridgehead atoms. The van der Waals surface area contributed by atoms with Crippen molar-refractivity contribution < 1.29 is 65.0 Å². The summed E-state index contributed by atoms with van der Waals surface area (Å²) >= 11 is 0. The molecule has 14 nitrogen and oxygen atoms in total. The lowest BCUT2D eigenvalue weighted by Crippen LogP contribution is -2.55. The summed E-state index contributed by atoms with van der Waals surface area (Å²) in [6.45, 7) is -1.34. The van der Waals surface area contributed by atoms with Crippen LogP contribution in [0, 0.1) is 0 Å². The Labute approximate surface area is 224 Å². The van der Waals surface area contributed by atoms with E-state index in [9.17, 15) is 55.9 Å². The Morgan fingerprint density at radius 1 is 0.775 bits per heavy atom. The first-order valence-electron chi connectivity index (χ1n) is 12.3. The number of fused-ring (bicyclic) bond motifs is 1. The highest BCUT2D eigenvalue weighted by molar-refractivity contribution is 5.92. The summed E-state index contributed by atoms with van der Waals surface area (Å²) in [5, 5.41) is 104. The minimum atomic E-state index is -1.98. The fourth-order valence-corrected chi connectivity index (χ4v) is 5.11. The predicted molar refractivity (Wildman–Crippen MR) is 132 cm³/mol. The van der Waals surface area contributed by atoms with E-state index in [1.807, 2.05) is 0 Å². The van der Waals surface area contributed by atoms with Crippen molar-refractivity contribution in [1.29, 1.82) is 0 Å². The molecule has 5 rings (SSSR count). The van der Waals surface area contributed by atoms with Gasteiger partial charge in [0.05, 0.1) is 24.3 Å². The highest BCUT2D eigenvalue weighted by Gasteiger charge is 2.48. The number of benzene rings is 2. The van der Waals surface area contributed by atoms with Crippen molar-refractivity contribution in [3.05, 3.63) is 51.7 Å². The largest absolute Gasteiger partial charge is 0.508 e. The second-order valence-electron chi connectivity index (χ2n) is 9.80. The van der Waals surface area contributed by atoms with Gasteiger partial charge in [0.2, 0.25) is 0 Å². The van der Waals surface area contributed by atoms with Crippen LogP contribution in [0.3, 0.4) is 0 Å². The molecule has 1 aromatic heterocycles. The number of ether oxygens (including phenoxy) is 2. The maximum atomic E-state index is 13.4. The van der Waals surface area contributed by atoms with Gasteiger partial charge in [-0.1, -0.05) is 0 Å². The molecule has 2 saturated heterocycles. The Kier molecular flexibility index (Phi) is 7.47. The van der Waals surface area contributed by atoms with Crippen LogP contribution in [0.5, 0.6) is 17.2 Å². The summed E-state index contributed by atoms with van der Waals surface area (Å²) in [7, 11) is 0. The van der Waals surface area contributed by atoms with E-state index in [2.05, 4.69) is 0 Å². The normalized spacial score (nSPS) is 32.8. The zero-order chi connectivity index (χ0) is 29.0. The molecule has 40 heavy (non-hydrogen) atoms. The van der Waals surface area contributed by atoms with E-state index in [0.29, 0.717) is 5.56 Å². The van der Waals surface area contributed by atoms with Gasteiger partial charge in [0.1, 0.15) is 83.3 Å². The molecule has 2 aliphatic heterocycles. The summed E-state index contributed by atoms with van der Waals surface area (Å²) in [6, 6.07) is 6.50. The van der Waals surface area contributed by atoms with Crippen LogP contribution >= 0.6 is 0 Å². The third-order valence-corrected chi connectivity index (χ3v) is 7.31. The Morgan fingerprint density at radius 2 is 1.43 bits per heavy atom. The molecule has 2 fully saturated rings. The van der Waals surface area contributed by atoms with Gasteiger partial charge in [0.25, 0.3) is 0 Å². The van der Waals surface area contributed by atoms with E-state index in [1.165, 1.54) is 24.3 Å². The first-order valence-corrected chi connectivity index (χ1v) is 12.3. The third-order valence-electron chi connectivity index (χ3n) is 7.31. The van der Waals surface area contributed by atoms with Crippen LogP contribution in [0.1, 0.15) is 23.3 Å². The molecule has 14 heteroatoms. The minimum Gasteiger partial charge on any atom is -0.508 e. The number of phenolic OH excluding ortho intramolecular Hbond substituents is 3. The third kappa shape index (κ3) is 4.49. The van der Waals surface area contributed by atoms with Gasteiger partial charge in [0.15, 0.2) is 11.0 Å². The molecule has 3 aromatic rings. The van der Waals surface area contributed by atoms with Crippen LogP contribution in [-0.2, 0) is 9.47 Å². The molecular formula is C26H28O14. The van der Waals surface area contributed by atoms with Crippen molar-refractivity contribution in [2.75, 3.05) is 13.2 Å². The van der Waals surface area contributed by atoms with Crippen LogP contribution in [0.15, 0.2) is 39.5 Å². The zero-order valence-corrected chi connectivity index (χ0v) is 20.6. The van der Waals surface area contributed by atoms with Crippen molar-refractivity contribution >= 4 is 11.0 Å². The van der Waals surface area contributed by atoms with Crippen molar-refractivity contribution in [2.24, 2.45) is 0 Å². The van der Waals surface area contributed by atoms with E-state index in [-0.39, 0.29) is 11.5 Å². The summed E-state index contributed by atoms with van der Waals surface area (Å²) < 4.78 is 16.9. The van der Waals surface area contributed by atoms with Crippen molar-refractivity contribution in [3.63, 3.8) is 0 Å². The van der Waals surface area contributed by atoms with E-state index in [0.717, 1.165) is 6.07 Å². The number of aliphatic hydroxyl groups excluding tert-OH is 7. The lowest BCUT2D eigenvalue weighted by molar-refractivity contribution is -0.232. The maximum Gasteiger partial charge on any atom is 0.197 e. The molecule has 2 aliphatic rings. The predicted octanol–water partition coefficient (Wildman–Crippen LogP) is -1.75. The highest BCUT2D eigenvalue weighted by atomic mass is 16.5. The van der Waals surface area contributed by atoms with Gasteiger partial charge in [-0.15, -0.1) is 0 Å². The lowest BCUT2D eigenvalue weighted by atomic mass is 9.85. The Morgan fingerprint density at radius 3 is 2.08 bits per heavy atom. The fourth-order valence-electron chi connectivity index (χ4n) is 5.11. The van der Waals surface area contributed by atoms with Crippen LogP contribution in [0.4, 0.5) is 0 Å². The second-order valence-corrected chi connectivity index (χ2v) is 9.80. The molecule has 0 aliphatic carbocycles. The quantitative estimate of drug-likeness (QED) is 0.169. The van der Waals surface area contributed by atoms with Gasteiger partial charge in [-0.25, -0.2) is 0 Å². The van der Waals surface area contributed by atoms with Gasteiger partial charge in [-0.3, -0.25) is 4.79 Å². The monoisotopic (exact) mass is 564 g/mol. The molecule has 0 spiro atoms. The van der Waals surface area contributed by atoms with Crippen molar-refractivity contribution in [3.8, 4) is 28.6 Å². The van der Waals surface area contributed by atoms with E-state index in [4.69, 9.17) is 13.9 Å². The van der Waals surface area contributed by atoms with Gasteiger partial charge < -0.3 is 65.0 Å². The van der Waals surface area contributed by atoms with Gasteiger partial charge >= 0.3 is 0 Å². The number of aliphatic hydroxyl groups is 7. The molecule has 10 N–H and O–H groups in total. The standard InChI is InChI=1S/C26H28O14/c27-6-13-18(32)21(35)23(37)26(40-13)15-19(33)14-10(29)5-12(8-1-3-9(28)4-2-8)39-24(14)16(20(15)34)25-22(36)17(31)11(30)7-38-25/h1-5,11,13,17-18,21-23,25-28,30-37H,6-7H2/t11-,13-,17+,18-,21+,22-,23-,25+,26+/m0/s1. The summed E-state index contributed by atoms with van der Waals surface area (Å²) in [5.41, 5.74) is -2.15. The number of hydrogen-bond acceptors (Lipinski definition) is 14.